The zero-order valence-electron chi connectivity index (χ0n) is 11.4. The lowest BCUT2D eigenvalue weighted by molar-refractivity contribution is 0.0697. The van der Waals surface area contributed by atoms with Gasteiger partial charge in [0.1, 0.15) is 5.82 Å². The molecule has 104 valence electrons. The van der Waals surface area contributed by atoms with Gasteiger partial charge in [-0.3, -0.25) is 0 Å². The Kier molecular flexibility index (Phi) is 3.54. The maximum atomic E-state index is 11.2. The van der Waals surface area contributed by atoms with E-state index in [0.29, 0.717) is 5.56 Å². The molecule has 1 aliphatic heterocycles. The molecule has 0 amide bonds. The van der Waals surface area contributed by atoms with Crippen molar-refractivity contribution in [2.45, 2.75) is 25.7 Å². The molecule has 1 saturated heterocycles. The van der Waals surface area contributed by atoms with Gasteiger partial charge in [-0.15, -0.1) is 0 Å². The van der Waals surface area contributed by atoms with Crippen LogP contribution in [0.4, 0.5) is 5.82 Å². The highest BCUT2D eigenvalue weighted by Gasteiger charge is 2.15. The molecular weight excluding hydrogens is 252 g/mol. The summed E-state index contributed by atoms with van der Waals surface area (Å²) >= 11 is 0. The average molecular weight is 270 g/mol. The van der Waals surface area contributed by atoms with Crippen LogP contribution in [0, 0.1) is 0 Å². The van der Waals surface area contributed by atoms with Gasteiger partial charge < -0.3 is 10.0 Å². The van der Waals surface area contributed by atoms with E-state index in [-0.39, 0.29) is 0 Å². The molecule has 1 fully saturated rings. The smallest absolute Gasteiger partial charge is 0.335 e. The van der Waals surface area contributed by atoms with Crippen molar-refractivity contribution in [1.82, 2.24) is 4.98 Å². The van der Waals surface area contributed by atoms with Crippen LogP contribution < -0.4 is 4.90 Å². The van der Waals surface area contributed by atoms with E-state index in [1.54, 1.807) is 12.1 Å². The van der Waals surface area contributed by atoms with Crippen molar-refractivity contribution in [2.75, 3.05) is 18.0 Å². The molecule has 0 unspecified atom stereocenters. The first kappa shape index (κ1) is 12.9. The summed E-state index contributed by atoms with van der Waals surface area (Å²) in [6.07, 6.45) is 6.69. The molecule has 1 aromatic heterocycles. The Bertz CT molecular complexity index is 631. The number of fused-ring (bicyclic) bond motifs is 1. The number of rotatable bonds is 2. The maximum absolute atomic E-state index is 11.2. The van der Waals surface area contributed by atoms with Crippen molar-refractivity contribution in [2.24, 2.45) is 0 Å². The van der Waals surface area contributed by atoms with E-state index in [2.05, 4.69) is 9.88 Å². The predicted molar refractivity (Wildman–Crippen MR) is 79.4 cm³/mol. The van der Waals surface area contributed by atoms with Gasteiger partial charge in [-0.2, -0.15) is 0 Å². The Morgan fingerprint density at radius 3 is 2.55 bits per heavy atom. The molecule has 1 N–H and O–H groups in total. The number of pyridine rings is 1. The van der Waals surface area contributed by atoms with E-state index in [1.807, 2.05) is 18.3 Å². The molecular formula is C16H18N2O2. The zero-order valence-corrected chi connectivity index (χ0v) is 11.4. The molecule has 4 nitrogen and oxygen atoms in total. The molecule has 0 bridgehead atoms. The first-order chi connectivity index (χ1) is 9.75. The maximum Gasteiger partial charge on any atom is 0.335 e. The van der Waals surface area contributed by atoms with E-state index >= 15 is 0 Å². The van der Waals surface area contributed by atoms with Gasteiger partial charge in [-0.05, 0) is 36.4 Å². The van der Waals surface area contributed by atoms with E-state index in [9.17, 15) is 4.79 Å². The molecule has 1 aromatic carbocycles. The second-order valence-electron chi connectivity index (χ2n) is 5.28. The van der Waals surface area contributed by atoms with Crippen LogP contribution in [0.25, 0.3) is 10.8 Å². The Labute approximate surface area is 118 Å². The Morgan fingerprint density at radius 1 is 1.10 bits per heavy atom. The first-order valence-electron chi connectivity index (χ1n) is 7.13. The largest absolute Gasteiger partial charge is 0.478 e. The van der Waals surface area contributed by atoms with Gasteiger partial charge in [0.05, 0.1) is 5.56 Å². The Morgan fingerprint density at radius 2 is 1.85 bits per heavy atom. The van der Waals surface area contributed by atoms with Gasteiger partial charge in [0.15, 0.2) is 0 Å². The molecule has 0 aliphatic carbocycles. The number of benzene rings is 1. The first-order valence-corrected chi connectivity index (χ1v) is 7.13. The van der Waals surface area contributed by atoms with Crippen LogP contribution in [0.2, 0.25) is 0 Å². The second kappa shape index (κ2) is 5.49. The van der Waals surface area contributed by atoms with Gasteiger partial charge in [-0.1, -0.05) is 18.9 Å². The summed E-state index contributed by atoms with van der Waals surface area (Å²) in [5.74, 6) is 0.0325. The normalized spacial score (nSPS) is 16.1. The SMILES string of the molecule is O=C(O)c1ccc2ccnc(N3CCCCCC3)c2c1. The number of carboxylic acids is 1. The Hall–Kier alpha value is -2.10. The monoisotopic (exact) mass is 270 g/mol. The molecule has 1 aliphatic rings. The van der Waals surface area contributed by atoms with Crippen molar-refractivity contribution in [3.63, 3.8) is 0 Å². The lowest BCUT2D eigenvalue weighted by Gasteiger charge is -2.23. The number of aromatic nitrogens is 1. The molecule has 0 spiro atoms. The van der Waals surface area contributed by atoms with Crippen LogP contribution in [0.1, 0.15) is 36.0 Å². The minimum absolute atomic E-state index is 0.321. The highest BCUT2D eigenvalue weighted by Crippen LogP contribution is 2.27. The highest BCUT2D eigenvalue weighted by atomic mass is 16.4. The molecule has 2 heterocycles. The third-order valence-electron chi connectivity index (χ3n) is 3.90. The number of aromatic carboxylic acids is 1. The molecule has 20 heavy (non-hydrogen) atoms. The summed E-state index contributed by atoms with van der Waals surface area (Å²) in [5.41, 5.74) is 0.321. The quantitative estimate of drug-likeness (QED) is 0.909. The zero-order chi connectivity index (χ0) is 13.9. The Balaban J connectivity index is 2.08. The molecule has 0 radical (unpaired) electrons. The molecule has 3 rings (SSSR count). The van der Waals surface area contributed by atoms with E-state index < -0.39 is 5.97 Å². The number of hydrogen-bond donors (Lipinski definition) is 1. The van der Waals surface area contributed by atoms with Gasteiger partial charge in [0.25, 0.3) is 0 Å². The van der Waals surface area contributed by atoms with Crippen LogP contribution in [0.5, 0.6) is 0 Å². The molecule has 0 atom stereocenters. The number of nitrogens with zero attached hydrogens (tertiary/aromatic N) is 2. The topological polar surface area (TPSA) is 53.4 Å². The fraction of sp³-hybridized carbons (Fsp3) is 0.375. The number of hydrogen-bond acceptors (Lipinski definition) is 3. The van der Waals surface area contributed by atoms with Crippen molar-refractivity contribution in [1.29, 1.82) is 0 Å². The average Bonchev–Trinajstić information content (AvgIpc) is 2.75. The van der Waals surface area contributed by atoms with Crippen molar-refractivity contribution < 1.29 is 9.90 Å². The third kappa shape index (κ3) is 2.46. The summed E-state index contributed by atoms with van der Waals surface area (Å²) in [6, 6.07) is 7.19. The van der Waals surface area contributed by atoms with Crippen LogP contribution in [0.15, 0.2) is 30.5 Å². The molecule has 0 saturated carbocycles. The number of carbonyl (C=O) groups is 1. The van der Waals surface area contributed by atoms with Gasteiger partial charge >= 0.3 is 5.97 Å². The summed E-state index contributed by atoms with van der Waals surface area (Å²) in [5, 5.41) is 11.1. The second-order valence-corrected chi connectivity index (χ2v) is 5.28. The lowest BCUT2D eigenvalue weighted by atomic mass is 10.1. The van der Waals surface area contributed by atoms with Crippen LogP contribution in [0.3, 0.4) is 0 Å². The fourth-order valence-electron chi connectivity index (χ4n) is 2.82. The van der Waals surface area contributed by atoms with Crippen molar-refractivity contribution in [3.8, 4) is 0 Å². The van der Waals surface area contributed by atoms with Gasteiger partial charge in [-0.25, -0.2) is 9.78 Å². The molecule has 4 heteroatoms. The minimum atomic E-state index is -0.891. The molecule has 2 aromatic rings. The summed E-state index contributed by atoms with van der Waals surface area (Å²) in [4.78, 5) is 18.0. The lowest BCUT2D eigenvalue weighted by Crippen LogP contribution is -2.25. The summed E-state index contributed by atoms with van der Waals surface area (Å²) < 4.78 is 0. The van der Waals surface area contributed by atoms with Gasteiger partial charge in [0.2, 0.25) is 0 Å². The minimum Gasteiger partial charge on any atom is -0.478 e. The fourth-order valence-corrected chi connectivity index (χ4v) is 2.82. The van der Waals surface area contributed by atoms with Crippen LogP contribution in [-0.2, 0) is 0 Å². The van der Waals surface area contributed by atoms with Gasteiger partial charge in [0, 0.05) is 24.7 Å². The van der Waals surface area contributed by atoms with Crippen molar-refractivity contribution >= 4 is 22.6 Å². The standard InChI is InChI=1S/C16H18N2O2/c19-16(20)13-6-5-12-7-8-17-15(14(12)11-13)18-9-3-1-2-4-10-18/h5-8,11H,1-4,9-10H2,(H,19,20). The summed E-state index contributed by atoms with van der Waals surface area (Å²) in [7, 11) is 0. The summed E-state index contributed by atoms with van der Waals surface area (Å²) in [6.45, 7) is 2.01. The van der Waals surface area contributed by atoms with E-state index in [1.165, 1.54) is 25.7 Å². The van der Waals surface area contributed by atoms with E-state index in [4.69, 9.17) is 5.11 Å². The van der Waals surface area contributed by atoms with Crippen LogP contribution >= 0.6 is 0 Å². The predicted octanol–water partition coefficient (Wildman–Crippen LogP) is 3.31. The third-order valence-corrected chi connectivity index (χ3v) is 3.90. The van der Waals surface area contributed by atoms with Crippen LogP contribution in [-0.4, -0.2) is 29.1 Å². The van der Waals surface area contributed by atoms with Crippen molar-refractivity contribution in [3.05, 3.63) is 36.0 Å². The van der Waals surface area contributed by atoms with E-state index in [0.717, 1.165) is 29.7 Å². The number of anilines is 1. The number of carboxylic acid groups (broad SMARTS) is 1. The highest BCUT2D eigenvalue weighted by molar-refractivity contribution is 5.98.